The zero-order chi connectivity index (χ0) is 20.1. The molecule has 1 amide bonds. The molecule has 0 saturated heterocycles. The fourth-order valence-electron chi connectivity index (χ4n) is 2.97. The van der Waals surface area contributed by atoms with Crippen molar-refractivity contribution in [3.63, 3.8) is 0 Å². The van der Waals surface area contributed by atoms with Crippen LogP contribution < -0.4 is 0 Å². The van der Waals surface area contributed by atoms with Crippen molar-refractivity contribution in [1.82, 2.24) is 9.88 Å². The third-order valence-electron chi connectivity index (χ3n) is 4.53. The minimum atomic E-state index is -0.379. The van der Waals surface area contributed by atoms with E-state index in [4.69, 9.17) is 4.74 Å². The van der Waals surface area contributed by atoms with Crippen LogP contribution in [0.3, 0.4) is 0 Å². The summed E-state index contributed by atoms with van der Waals surface area (Å²) in [6, 6.07) is 20.6. The molecule has 3 rings (SSSR count). The summed E-state index contributed by atoms with van der Waals surface area (Å²) in [5, 5.41) is 0. The number of nitrogens with zero attached hydrogens (tertiary/aromatic N) is 2. The maximum Gasteiger partial charge on any atom is 0.337 e. The van der Waals surface area contributed by atoms with Gasteiger partial charge in [0.15, 0.2) is 0 Å². The molecule has 142 valence electrons. The van der Waals surface area contributed by atoms with Crippen molar-refractivity contribution in [3.05, 3.63) is 89.1 Å². The van der Waals surface area contributed by atoms with Crippen LogP contribution in [0.5, 0.6) is 0 Å². The summed E-state index contributed by atoms with van der Waals surface area (Å²) in [5.74, 6) is -0.474. The minimum absolute atomic E-state index is 0.0957. The lowest BCUT2D eigenvalue weighted by atomic mass is 10.1. The first-order chi connectivity index (χ1) is 13.5. The number of carbonyl (C=O) groups is 2. The number of carbonyl (C=O) groups excluding carboxylic acids is 2. The second kappa shape index (κ2) is 8.48. The van der Waals surface area contributed by atoms with Gasteiger partial charge in [0, 0.05) is 19.2 Å². The van der Waals surface area contributed by atoms with Crippen LogP contribution in [0.4, 0.5) is 0 Å². The third kappa shape index (κ3) is 4.26. The molecule has 0 aliphatic heterocycles. The van der Waals surface area contributed by atoms with Crippen LogP contribution in [0, 0.1) is 6.92 Å². The van der Waals surface area contributed by atoms with Gasteiger partial charge in [-0.3, -0.25) is 9.78 Å². The molecule has 5 nitrogen and oxygen atoms in total. The van der Waals surface area contributed by atoms with Gasteiger partial charge in [0.25, 0.3) is 5.91 Å². The fraction of sp³-hybridized carbons (Fsp3) is 0.174. The number of methoxy groups -OCH3 is 1. The van der Waals surface area contributed by atoms with Gasteiger partial charge in [0.1, 0.15) is 0 Å². The second-order valence-electron chi connectivity index (χ2n) is 6.55. The Hall–Kier alpha value is -3.47. The number of ether oxygens (including phenoxy) is 1. The van der Waals surface area contributed by atoms with E-state index in [0.717, 1.165) is 16.8 Å². The van der Waals surface area contributed by atoms with Gasteiger partial charge < -0.3 is 9.64 Å². The average molecular weight is 374 g/mol. The smallest absolute Gasteiger partial charge is 0.337 e. The first-order valence-corrected chi connectivity index (χ1v) is 8.95. The normalized spacial score (nSPS) is 10.4. The van der Waals surface area contributed by atoms with Crippen molar-refractivity contribution >= 4 is 11.9 Å². The summed E-state index contributed by atoms with van der Waals surface area (Å²) in [6.45, 7) is 2.28. The molecule has 1 aromatic heterocycles. The summed E-state index contributed by atoms with van der Waals surface area (Å²) in [4.78, 5) is 30.6. The topological polar surface area (TPSA) is 59.5 Å². The van der Waals surface area contributed by atoms with Crippen molar-refractivity contribution in [2.24, 2.45) is 0 Å². The predicted octanol–water partition coefficient (Wildman–Crippen LogP) is 4.12. The zero-order valence-corrected chi connectivity index (χ0v) is 16.2. The summed E-state index contributed by atoms with van der Waals surface area (Å²) < 4.78 is 4.70. The molecule has 0 unspecified atom stereocenters. The fourth-order valence-corrected chi connectivity index (χ4v) is 2.97. The van der Waals surface area contributed by atoms with E-state index < -0.39 is 0 Å². The number of amides is 1. The van der Waals surface area contributed by atoms with Gasteiger partial charge in [-0.1, -0.05) is 42.5 Å². The Balaban J connectivity index is 1.73. The third-order valence-corrected chi connectivity index (χ3v) is 4.53. The molecular weight excluding hydrogens is 352 g/mol. The number of aryl methyl sites for hydroxylation is 1. The van der Waals surface area contributed by atoms with Crippen molar-refractivity contribution in [1.29, 1.82) is 0 Å². The van der Waals surface area contributed by atoms with E-state index in [2.05, 4.69) is 4.98 Å². The van der Waals surface area contributed by atoms with Crippen LogP contribution in [0.25, 0.3) is 11.3 Å². The summed E-state index contributed by atoms with van der Waals surface area (Å²) in [6.07, 6.45) is 0. The van der Waals surface area contributed by atoms with Crippen molar-refractivity contribution in [2.45, 2.75) is 13.5 Å². The van der Waals surface area contributed by atoms with Gasteiger partial charge in [-0.05, 0) is 36.8 Å². The highest BCUT2D eigenvalue weighted by Gasteiger charge is 2.16. The molecule has 0 saturated carbocycles. The van der Waals surface area contributed by atoms with Crippen LogP contribution in [0.2, 0.25) is 0 Å². The van der Waals surface area contributed by atoms with Gasteiger partial charge in [-0.25, -0.2) is 4.79 Å². The van der Waals surface area contributed by atoms with E-state index in [1.165, 1.54) is 7.11 Å². The number of esters is 1. The van der Waals surface area contributed by atoms with Gasteiger partial charge in [-0.2, -0.15) is 0 Å². The Labute approximate surface area is 164 Å². The molecule has 1 heterocycles. The molecule has 0 aliphatic carbocycles. The van der Waals surface area contributed by atoms with Crippen molar-refractivity contribution in [3.8, 4) is 11.3 Å². The van der Waals surface area contributed by atoms with Gasteiger partial charge in [-0.15, -0.1) is 0 Å². The Kier molecular flexibility index (Phi) is 5.84. The van der Waals surface area contributed by atoms with E-state index in [1.807, 2.05) is 61.5 Å². The van der Waals surface area contributed by atoms with Gasteiger partial charge in [0.2, 0.25) is 0 Å². The van der Waals surface area contributed by atoms with E-state index in [1.54, 1.807) is 24.1 Å². The number of benzene rings is 2. The minimum Gasteiger partial charge on any atom is -0.465 e. The highest BCUT2D eigenvalue weighted by atomic mass is 16.5. The number of rotatable bonds is 5. The Bertz CT molecular complexity index is 982. The van der Waals surface area contributed by atoms with Crippen LogP contribution >= 0.6 is 0 Å². The quantitative estimate of drug-likeness (QED) is 0.631. The second-order valence-corrected chi connectivity index (χ2v) is 6.55. The van der Waals surface area contributed by atoms with Gasteiger partial charge in [0.05, 0.1) is 29.6 Å². The van der Waals surface area contributed by atoms with Gasteiger partial charge >= 0.3 is 5.97 Å². The standard InChI is InChI=1S/C23H22N2O3/c1-16-20(13-14-21(24-16)18-7-5-4-6-8-18)22(26)25(2)15-17-9-11-19(12-10-17)23(27)28-3/h4-14H,15H2,1-3H3. The van der Waals surface area contributed by atoms with E-state index in [0.29, 0.717) is 23.4 Å². The van der Waals surface area contributed by atoms with Crippen LogP contribution in [-0.4, -0.2) is 35.9 Å². The maximum absolute atomic E-state index is 12.9. The molecule has 0 N–H and O–H groups in total. The van der Waals surface area contributed by atoms with E-state index in [-0.39, 0.29) is 11.9 Å². The molecule has 3 aromatic rings. The van der Waals surface area contributed by atoms with Crippen molar-refractivity contribution in [2.75, 3.05) is 14.2 Å². The molecule has 0 aliphatic rings. The van der Waals surface area contributed by atoms with Crippen molar-refractivity contribution < 1.29 is 14.3 Å². The Morgan fingerprint density at radius 3 is 2.25 bits per heavy atom. The monoisotopic (exact) mass is 374 g/mol. The number of hydrogen-bond donors (Lipinski definition) is 0. The molecule has 0 bridgehead atoms. The summed E-state index contributed by atoms with van der Waals surface area (Å²) in [5.41, 5.74) is 4.54. The predicted molar refractivity (Wildman–Crippen MR) is 108 cm³/mol. The largest absolute Gasteiger partial charge is 0.465 e. The van der Waals surface area contributed by atoms with Crippen LogP contribution in [0.1, 0.15) is 32.0 Å². The molecule has 0 fully saturated rings. The lowest BCUT2D eigenvalue weighted by Gasteiger charge is -2.19. The first-order valence-electron chi connectivity index (χ1n) is 8.95. The van der Waals surface area contributed by atoms with E-state index in [9.17, 15) is 9.59 Å². The van der Waals surface area contributed by atoms with E-state index >= 15 is 0 Å². The highest BCUT2D eigenvalue weighted by Crippen LogP contribution is 2.20. The molecular formula is C23H22N2O3. The van der Waals surface area contributed by atoms with Crippen LogP contribution in [0.15, 0.2) is 66.7 Å². The highest BCUT2D eigenvalue weighted by molar-refractivity contribution is 5.95. The molecule has 0 spiro atoms. The molecule has 0 radical (unpaired) electrons. The average Bonchev–Trinajstić information content (AvgIpc) is 2.73. The van der Waals surface area contributed by atoms with Crippen LogP contribution in [-0.2, 0) is 11.3 Å². The molecule has 0 atom stereocenters. The SMILES string of the molecule is COC(=O)c1ccc(CN(C)C(=O)c2ccc(-c3ccccc3)nc2C)cc1. The number of pyridine rings is 1. The summed E-state index contributed by atoms with van der Waals surface area (Å²) >= 11 is 0. The molecule has 28 heavy (non-hydrogen) atoms. The number of hydrogen-bond acceptors (Lipinski definition) is 4. The summed E-state index contributed by atoms with van der Waals surface area (Å²) in [7, 11) is 3.10. The Morgan fingerprint density at radius 1 is 0.964 bits per heavy atom. The first kappa shape index (κ1) is 19.3. The zero-order valence-electron chi connectivity index (χ0n) is 16.2. The molecule has 2 aromatic carbocycles. The maximum atomic E-state index is 12.9. The number of aromatic nitrogens is 1. The molecule has 5 heteroatoms. The lowest BCUT2D eigenvalue weighted by molar-refractivity contribution is 0.0600. The lowest BCUT2D eigenvalue weighted by Crippen LogP contribution is -2.27. The Morgan fingerprint density at radius 2 is 1.64 bits per heavy atom.